The van der Waals surface area contributed by atoms with Gasteiger partial charge in [-0.1, -0.05) is 13.8 Å². The molecular formula is C12H20O3. The van der Waals surface area contributed by atoms with Crippen molar-refractivity contribution < 1.29 is 14.3 Å². The molecule has 3 heteroatoms. The molecular weight excluding hydrogens is 192 g/mol. The van der Waals surface area contributed by atoms with Crippen LogP contribution < -0.4 is 0 Å². The highest BCUT2D eigenvalue weighted by atomic mass is 16.5. The van der Waals surface area contributed by atoms with Gasteiger partial charge in [-0.15, -0.1) is 0 Å². The molecule has 0 N–H and O–H groups in total. The van der Waals surface area contributed by atoms with E-state index < -0.39 is 0 Å². The first kappa shape index (κ1) is 12.2. The molecule has 0 spiro atoms. The molecule has 0 bridgehead atoms. The lowest BCUT2D eigenvalue weighted by Crippen LogP contribution is -2.25. The largest absolute Gasteiger partial charge is 0.466 e. The number of carbonyl (C=O) groups is 2. The molecule has 0 saturated heterocycles. The molecule has 1 atom stereocenters. The van der Waals surface area contributed by atoms with Crippen LogP contribution in [0.2, 0.25) is 0 Å². The predicted octanol–water partition coefficient (Wildman–Crippen LogP) is 2.19. The zero-order chi connectivity index (χ0) is 11.4. The van der Waals surface area contributed by atoms with Crippen LogP contribution in [0.5, 0.6) is 0 Å². The molecule has 0 heterocycles. The van der Waals surface area contributed by atoms with Crippen LogP contribution in [0, 0.1) is 17.8 Å². The van der Waals surface area contributed by atoms with Gasteiger partial charge in [0.15, 0.2) is 0 Å². The van der Waals surface area contributed by atoms with E-state index in [0.29, 0.717) is 12.5 Å². The maximum absolute atomic E-state index is 11.9. The lowest BCUT2D eigenvalue weighted by atomic mass is 9.88. The van der Waals surface area contributed by atoms with Crippen LogP contribution in [0.15, 0.2) is 0 Å². The van der Waals surface area contributed by atoms with E-state index in [9.17, 15) is 9.59 Å². The number of carbonyl (C=O) groups excluding carboxylic acids is 2. The van der Waals surface area contributed by atoms with Crippen LogP contribution in [-0.4, -0.2) is 18.4 Å². The fourth-order valence-electron chi connectivity index (χ4n) is 1.83. The van der Waals surface area contributed by atoms with Crippen molar-refractivity contribution in [1.29, 1.82) is 0 Å². The molecule has 0 radical (unpaired) electrons. The number of rotatable bonds is 6. The molecule has 1 saturated carbocycles. The third-order valence-corrected chi connectivity index (χ3v) is 2.82. The summed E-state index contributed by atoms with van der Waals surface area (Å²) in [6, 6.07) is 0. The van der Waals surface area contributed by atoms with Crippen molar-refractivity contribution in [2.45, 2.75) is 40.0 Å². The lowest BCUT2D eigenvalue weighted by molar-refractivity contribution is -0.146. The minimum absolute atomic E-state index is 0.0185. The molecule has 0 aromatic carbocycles. The van der Waals surface area contributed by atoms with Gasteiger partial charge in [-0.05, 0) is 25.7 Å². The van der Waals surface area contributed by atoms with E-state index in [1.54, 1.807) is 6.92 Å². The van der Waals surface area contributed by atoms with Crippen LogP contribution in [0.1, 0.15) is 40.0 Å². The fraction of sp³-hybridized carbons (Fsp3) is 0.833. The fourth-order valence-corrected chi connectivity index (χ4v) is 1.83. The van der Waals surface area contributed by atoms with Gasteiger partial charge >= 0.3 is 5.97 Å². The van der Waals surface area contributed by atoms with Crippen LogP contribution in [0.25, 0.3) is 0 Å². The third-order valence-electron chi connectivity index (χ3n) is 2.82. The van der Waals surface area contributed by atoms with Gasteiger partial charge in [-0.2, -0.15) is 0 Å². The van der Waals surface area contributed by atoms with Gasteiger partial charge < -0.3 is 4.74 Å². The van der Waals surface area contributed by atoms with Gasteiger partial charge in [0.25, 0.3) is 0 Å². The molecule has 1 unspecified atom stereocenters. The molecule has 1 rings (SSSR count). The standard InChI is InChI=1S/C12H20O3/c1-4-15-11(13)7-10(9-5-6-9)12(14)8(2)3/h8-10H,4-7H2,1-3H3. The molecule has 0 aromatic heterocycles. The zero-order valence-corrected chi connectivity index (χ0v) is 9.79. The quantitative estimate of drug-likeness (QED) is 0.634. The molecule has 0 amide bonds. The minimum Gasteiger partial charge on any atom is -0.466 e. The SMILES string of the molecule is CCOC(=O)CC(C(=O)C(C)C)C1CC1. The molecule has 86 valence electrons. The first-order chi connectivity index (χ1) is 7.06. The lowest BCUT2D eigenvalue weighted by Gasteiger charge is -2.16. The average molecular weight is 212 g/mol. The Balaban J connectivity index is 2.51. The average Bonchev–Trinajstić information content (AvgIpc) is 2.96. The van der Waals surface area contributed by atoms with E-state index in [1.165, 1.54) is 0 Å². The maximum Gasteiger partial charge on any atom is 0.306 e. The Morgan fingerprint density at radius 1 is 1.33 bits per heavy atom. The highest BCUT2D eigenvalue weighted by Gasteiger charge is 2.38. The molecule has 3 nitrogen and oxygen atoms in total. The number of Topliss-reactive ketones (excluding diaryl/α,β-unsaturated/α-hetero) is 1. The first-order valence-corrected chi connectivity index (χ1v) is 5.75. The van der Waals surface area contributed by atoms with Crippen LogP contribution >= 0.6 is 0 Å². The molecule has 1 aliphatic rings. The molecule has 0 aliphatic heterocycles. The van der Waals surface area contributed by atoms with E-state index in [0.717, 1.165) is 12.8 Å². The van der Waals surface area contributed by atoms with Gasteiger partial charge in [0.05, 0.1) is 13.0 Å². The monoisotopic (exact) mass is 212 g/mol. The summed E-state index contributed by atoms with van der Waals surface area (Å²) in [5.74, 6) is 0.340. The van der Waals surface area contributed by atoms with E-state index in [4.69, 9.17) is 4.74 Å². The Bertz CT molecular complexity index is 241. The maximum atomic E-state index is 11.9. The van der Waals surface area contributed by atoms with Gasteiger partial charge in [0, 0.05) is 11.8 Å². The topological polar surface area (TPSA) is 43.4 Å². The Kier molecular flexibility index (Phi) is 4.30. The van der Waals surface area contributed by atoms with Crippen molar-refractivity contribution in [2.24, 2.45) is 17.8 Å². The molecule has 1 fully saturated rings. The second-order valence-corrected chi connectivity index (χ2v) is 4.51. The van der Waals surface area contributed by atoms with Crippen molar-refractivity contribution in [3.63, 3.8) is 0 Å². The summed E-state index contributed by atoms with van der Waals surface area (Å²) in [7, 11) is 0. The summed E-state index contributed by atoms with van der Waals surface area (Å²) < 4.78 is 4.89. The summed E-state index contributed by atoms with van der Waals surface area (Å²) in [5.41, 5.74) is 0. The van der Waals surface area contributed by atoms with E-state index in [-0.39, 0.29) is 30.0 Å². The second-order valence-electron chi connectivity index (χ2n) is 4.51. The Morgan fingerprint density at radius 3 is 2.33 bits per heavy atom. The summed E-state index contributed by atoms with van der Waals surface area (Å²) in [4.78, 5) is 23.2. The van der Waals surface area contributed by atoms with Crippen LogP contribution in [0.4, 0.5) is 0 Å². The smallest absolute Gasteiger partial charge is 0.306 e. The van der Waals surface area contributed by atoms with Crippen molar-refractivity contribution in [2.75, 3.05) is 6.61 Å². The Labute approximate surface area is 91.2 Å². The molecule has 0 aromatic rings. The third kappa shape index (κ3) is 3.65. The zero-order valence-electron chi connectivity index (χ0n) is 9.79. The van der Waals surface area contributed by atoms with Crippen LogP contribution in [-0.2, 0) is 14.3 Å². The van der Waals surface area contributed by atoms with E-state index in [1.807, 2.05) is 13.8 Å². The Hall–Kier alpha value is -0.860. The number of esters is 1. The number of ether oxygens (including phenoxy) is 1. The van der Waals surface area contributed by atoms with E-state index in [2.05, 4.69) is 0 Å². The van der Waals surface area contributed by atoms with Crippen LogP contribution in [0.3, 0.4) is 0 Å². The highest BCUT2D eigenvalue weighted by Crippen LogP contribution is 2.40. The predicted molar refractivity (Wildman–Crippen MR) is 57.3 cm³/mol. The highest BCUT2D eigenvalue weighted by molar-refractivity contribution is 5.87. The van der Waals surface area contributed by atoms with Gasteiger partial charge in [-0.25, -0.2) is 0 Å². The summed E-state index contributed by atoms with van der Waals surface area (Å²) >= 11 is 0. The van der Waals surface area contributed by atoms with E-state index >= 15 is 0 Å². The molecule has 1 aliphatic carbocycles. The van der Waals surface area contributed by atoms with Crippen molar-refractivity contribution >= 4 is 11.8 Å². The number of ketones is 1. The van der Waals surface area contributed by atoms with Gasteiger partial charge in [-0.3, -0.25) is 9.59 Å². The minimum atomic E-state index is -0.233. The first-order valence-electron chi connectivity index (χ1n) is 5.75. The molecule has 15 heavy (non-hydrogen) atoms. The van der Waals surface area contributed by atoms with Crippen molar-refractivity contribution in [3.8, 4) is 0 Å². The van der Waals surface area contributed by atoms with Crippen molar-refractivity contribution in [1.82, 2.24) is 0 Å². The number of hydrogen-bond acceptors (Lipinski definition) is 3. The summed E-state index contributed by atoms with van der Waals surface area (Å²) in [6.07, 6.45) is 2.45. The Morgan fingerprint density at radius 2 is 1.93 bits per heavy atom. The van der Waals surface area contributed by atoms with Crippen molar-refractivity contribution in [3.05, 3.63) is 0 Å². The summed E-state index contributed by atoms with van der Waals surface area (Å²) in [5, 5.41) is 0. The van der Waals surface area contributed by atoms with Gasteiger partial charge in [0.1, 0.15) is 5.78 Å². The number of hydrogen-bond donors (Lipinski definition) is 0. The second kappa shape index (κ2) is 5.29. The normalized spacial score (nSPS) is 17.6. The summed E-state index contributed by atoms with van der Waals surface area (Å²) in [6.45, 7) is 5.96. The van der Waals surface area contributed by atoms with Gasteiger partial charge in [0.2, 0.25) is 0 Å².